The van der Waals surface area contributed by atoms with Crippen LogP contribution < -0.4 is 15.1 Å². The number of halogens is 1. The third-order valence-corrected chi connectivity index (χ3v) is 15.0. The molecule has 5 amide bonds. The number of nitriles is 1. The van der Waals surface area contributed by atoms with Crippen molar-refractivity contribution < 1.29 is 24.0 Å². The Labute approximate surface area is 349 Å². The molecule has 5 saturated heterocycles. The third-order valence-electron chi connectivity index (χ3n) is 14.7. The highest BCUT2D eigenvalue weighted by atomic mass is 35.5. The number of amides is 5. The van der Waals surface area contributed by atoms with Gasteiger partial charge in [0.15, 0.2) is 0 Å². The van der Waals surface area contributed by atoms with Crippen molar-refractivity contribution in [1.29, 1.82) is 5.26 Å². The number of hydrogen-bond acceptors (Lipinski definition) is 9. The van der Waals surface area contributed by atoms with Crippen molar-refractivity contribution >= 4 is 52.5 Å². The molecule has 59 heavy (non-hydrogen) atoms. The molecule has 0 aromatic heterocycles. The van der Waals surface area contributed by atoms with Crippen molar-refractivity contribution in [2.75, 3.05) is 55.6 Å². The maximum atomic E-state index is 13.6. The molecule has 13 heteroatoms. The van der Waals surface area contributed by atoms with Crippen LogP contribution in [-0.4, -0.2) is 108 Å². The summed E-state index contributed by atoms with van der Waals surface area (Å²) in [6, 6.07) is 19.7. The largest absolute Gasteiger partial charge is 0.371 e. The predicted octanol–water partition coefficient (Wildman–Crippen LogP) is 5.20. The van der Waals surface area contributed by atoms with Gasteiger partial charge in [-0.15, -0.1) is 0 Å². The van der Waals surface area contributed by atoms with E-state index in [2.05, 4.69) is 45.1 Å². The number of hydrogen-bond donors (Lipinski definition) is 1. The van der Waals surface area contributed by atoms with Crippen molar-refractivity contribution in [3.05, 3.63) is 93.0 Å². The molecule has 7 aliphatic rings. The predicted molar refractivity (Wildman–Crippen MR) is 221 cm³/mol. The number of imide groups is 2. The van der Waals surface area contributed by atoms with E-state index in [0.29, 0.717) is 33.8 Å². The van der Waals surface area contributed by atoms with Crippen LogP contribution in [0, 0.1) is 22.2 Å². The van der Waals surface area contributed by atoms with Crippen molar-refractivity contribution in [2.45, 2.75) is 82.8 Å². The van der Waals surface area contributed by atoms with Gasteiger partial charge in [0.1, 0.15) is 12.1 Å². The third kappa shape index (κ3) is 6.48. The summed E-state index contributed by atoms with van der Waals surface area (Å²) < 4.78 is 0. The molecule has 0 radical (unpaired) electrons. The molecule has 304 valence electrons. The quantitative estimate of drug-likeness (QED) is 0.345. The maximum absolute atomic E-state index is 13.6. The van der Waals surface area contributed by atoms with Crippen LogP contribution in [0.25, 0.3) is 0 Å². The zero-order valence-corrected chi connectivity index (χ0v) is 34.1. The Balaban J connectivity index is 0.694. The standard InChI is InChI=1S/C46H48ClN7O5/c1-28-21-45(27-53(28)35-7-4-30(24-48)38(47)20-35)12-16-50(17-13-45)33-5-2-29(3-6-33)42(57)51-14-10-34(11-15-51)52-25-46(26-52)22-31-18-36-37(19-32(31)23-46)44(59)54(43(36)58)39-8-9-40(55)49-41(39)56/h2-7,18-20,28,34,39H,8-17,21-23,25-27H2,1H3,(H,49,55,56)/t28-,39?/m0/s1. The van der Waals surface area contributed by atoms with Crippen LogP contribution in [0.3, 0.4) is 0 Å². The van der Waals surface area contributed by atoms with Gasteiger partial charge in [0.25, 0.3) is 17.7 Å². The van der Waals surface area contributed by atoms with Crippen molar-refractivity contribution in [3.8, 4) is 6.07 Å². The SMILES string of the molecule is C[C@H]1CC2(CCN(c3ccc(C(=O)N4CCC(N5CC6(Cc7cc8c(cc7C6)C(=O)N(C6CCC(=O)NC6=O)C8=O)C5)CC4)cc3)CC2)CN1c1ccc(C#N)c(Cl)c1. The first-order chi connectivity index (χ1) is 28.4. The fourth-order valence-electron chi connectivity index (χ4n) is 11.6. The molecule has 12 nitrogen and oxygen atoms in total. The van der Waals surface area contributed by atoms with Gasteiger partial charge >= 0.3 is 0 Å². The molecule has 3 aromatic rings. The molecule has 1 aliphatic carbocycles. The molecule has 5 fully saturated rings. The second-order valence-electron chi connectivity index (χ2n) is 18.4. The highest BCUT2D eigenvalue weighted by Crippen LogP contribution is 2.48. The van der Waals surface area contributed by atoms with Crippen LogP contribution in [-0.2, 0) is 22.4 Å². The zero-order valence-electron chi connectivity index (χ0n) is 33.3. The van der Waals surface area contributed by atoms with Gasteiger partial charge in [-0.05, 0) is 129 Å². The van der Waals surface area contributed by atoms with Crippen LogP contribution in [0.15, 0.2) is 54.6 Å². The summed E-state index contributed by atoms with van der Waals surface area (Å²) in [5, 5.41) is 12.1. The average molecular weight is 814 g/mol. The first-order valence-corrected chi connectivity index (χ1v) is 21.5. The van der Waals surface area contributed by atoms with E-state index in [1.165, 1.54) is 0 Å². The molecule has 2 spiro atoms. The summed E-state index contributed by atoms with van der Waals surface area (Å²) in [6.07, 6.45) is 7.18. The minimum absolute atomic E-state index is 0.0906. The van der Waals surface area contributed by atoms with Gasteiger partial charge in [-0.3, -0.25) is 39.1 Å². The molecule has 1 N–H and O–H groups in total. The average Bonchev–Trinajstić information content (AvgIpc) is 3.85. The Morgan fingerprint density at radius 2 is 1.46 bits per heavy atom. The van der Waals surface area contributed by atoms with Crippen LogP contribution >= 0.6 is 11.6 Å². The van der Waals surface area contributed by atoms with Gasteiger partial charge < -0.3 is 14.7 Å². The lowest BCUT2D eigenvalue weighted by Crippen LogP contribution is -2.62. The molecule has 6 heterocycles. The number of anilines is 2. The number of carbonyl (C=O) groups excluding carboxylic acids is 5. The fraction of sp³-hybridized carbons (Fsp3) is 0.478. The molecular weight excluding hydrogens is 766 g/mol. The molecule has 0 bridgehead atoms. The minimum atomic E-state index is -0.957. The minimum Gasteiger partial charge on any atom is -0.371 e. The van der Waals surface area contributed by atoms with Crippen LogP contribution in [0.4, 0.5) is 11.4 Å². The molecule has 2 atom stereocenters. The lowest BCUT2D eigenvalue weighted by atomic mass is 9.75. The van der Waals surface area contributed by atoms with E-state index in [9.17, 15) is 29.2 Å². The maximum Gasteiger partial charge on any atom is 0.262 e. The first-order valence-electron chi connectivity index (χ1n) is 21.1. The van der Waals surface area contributed by atoms with E-state index in [1.54, 1.807) is 0 Å². The number of nitrogens with zero attached hydrogens (tertiary/aromatic N) is 6. The van der Waals surface area contributed by atoms with Gasteiger partial charge in [0, 0.05) is 86.7 Å². The summed E-state index contributed by atoms with van der Waals surface area (Å²) in [6.45, 7) is 8.60. The topological polar surface area (TPSA) is 137 Å². The highest BCUT2D eigenvalue weighted by molar-refractivity contribution is 6.32. The Kier molecular flexibility index (Phi) is 9.14. The second-order valence-corrected chi connectivity index (χ2v) is 18.8. The molecule has 3 aromatic carbocycles. The highest BCUT2D eigenvalue weighted by Gasteiger charge is 2.51. The number of rotatable bonds is 5. The number of benzene rings is 3. The van der Waals surface area contributed by atoms with Gasteiger partial charge in [0.05, 0.1) is 21.7 Å². The van der Waals surface area contributed by atoms with E-state index in [0.717, 1.165) is 124 Å². The lowest BCUT2D eigenvalue weighted by Gasteiger charge is -2.53. The van der Waals surface area contributed by atoms with Crippen molar-refractivity contribution in [2.24, 2.45) is 10.8 Å². The van der Waals surface area contributed by atoms with Gasteiger partial charge in [-0.1, -0.05) is 11.6 Å². The number of fused-ring (bicyclic) bond motifs is 2. The van der Waals surface area contributed by atoms with E-state index in [1.807, 2.05) is 47.4 Å². The normalized spacial score (nSPS) is 25.0. The Morgan fingerprint density at radius 3 is 2.07 bits per heavy atom. The summed E-state index contributed by atoms with van der Waals surface area (Å²) in [5.74, 6) is -1.79. The van der Waals surface area contributed by atoms with Gasteiger partial charge in [-0.25, -0.2) is 0 Å². The first kappa shape index (κ1) is 38.0. The summed E-state index contributed by atoms with van der Waals surface area (Å²) in [4.78, 5) is 75.0. The number of likely N-dealkylation sites (tertiary alicyclic amines) is 2. The van der Waals surface area contributed by atoms with Crippen molar-refractivity contribution in [1.82, 2.24) is 20.0 Å². The summed E-state index contributed by atoms with van der Waals surface area (Å²) in [7, 11) is 0. The lowest BCUT2D eigenvalue weighted by molar-refractivity contribution is -0.136. The molecule has 10 rings (SSSR count). The Morgan fingerprint density at radius 1 is 0.814 bits per heavy atom. The van der Waals surface area contributed by atoms with Crippen LogP contribution in [0.2, 0.25) is 5.02 Å². The smallest absolute Gasteiger partial charge is 0.262 e. The number of nitrogens with one attached hydrogen (secondary N) is 1. The monoisotopic (exact) mass is 813 g/mol. The molecule has 0 saturated carbocycles. The summed E-state index contributed by atoms with van der Waals surface area (Å²) in [5.41, 5.74) is 6.76. The van der Waals surface area contributed by atoms with Gasteiger partial charge in [0.2, 0.25) is 11.8 Å². The van der Waals surface area contributed by atoms with E-state index >= 15 is 0 Å². The van der Waals surface area contributed by atoms with Crippen LogP contribution in [0.5, 0.6) is 0 Å². The number of piperidine rings is 3. The second kappa shape index (κ2) is 14.2. The van der Waals surface area contributed by atoms with Crippen molar-refractivity contribution in [3.63, 3.8) is 0 Å². The van der Waals surface area contributed by atoms with E-state index in [-0.39, 0.29) is 35.5 Å². The Hall–Kier alpha value is -5.25. The Bertz CT molecular complexity index is 2290. The molecule has 6 aliphatic heterocycles. The van der Waals surface area contributed by atoms with E-state index in [4.69, 9.17) is 11.6 Å². The van der Waals surface area contributed by atoms with Crippen LogP contribution in [0.1, 0.15) is 99.6 Å². The molecule has 1 unspecified atom stereocenters. The summed E-state index contributed by atoms with van der Waals surface area (Å²) >= 11 is 6.38. The fourth-order valence-corrected chi connectivity index (χ4v) is 11.8. The number of carbonyl (C=O) groups is 5. The van der Waals surface area contributed by atoms with Gasteiger partial charge in [-0.2, -0.15) is 5.26 Å². The zero-order chi connectivity index (χ0) is 40.8. The van der Waals surface area contributed by atoms with E-state index < -0.39 is 23.8 Å². The molecular formula is C46H48ClN7O5.